The Kier molecular flexibility index (Phi) is 5.09. The standard InChI is InChI=1S/C24H23NO3S/c1-24(2,3)20(26)14-28-23(27)21-17-8-4-5-9-19(17)25-22-15(10-11-18(21)22)13-16-7-6-12-29-16/h4-9,12-13H,10-11,14H2,1-3H3/b15-13-. The van der Waals surface area contributed by atoms with Gasteiger partial charge in [0, 0.05) is 15.7 Å². The number of ketones is 1. The van der Waals surface area contributed by atoms with E-state index < -0.39 is 11.4 Å². The van der Waals surface area contributed by atoms with Crippen molar-refractivity contribution in [3.8, 4) is 0 Å². The number of esters is 1. The molecule has 4 nitrogen and oxygen atoms in total. The molecule has 148 valence electrons. The number of allylic oxidation sites excluding steroid dienone is 1. The summed E-state index contributed by atoms with van der Waals surface area (Å²) in [6.45, 7) is 5.25. The van der Waals surface area contributed by atoms with Crippen LogP contribution in [0.2, 0.25) is 0 Å². The van der Waals surface area contributed by atoms with E-state index in [9.17, 15) is 9.59 Å². The molecule has 29 heavy (non-hydrogen) atoms. The largest absolute Gasteiger partial charge is 0.454 e. The number of aromatic nitrogens is 1. The van der Waals surface area contributed by atoms with E-state index in [2.05, 4.69) is 12.1 Å². The normalized spacial score (nSPS) is 14.9. The van der Waals surface area contributed by atoms with E-state index in [1.54, 1.807) is 11.3 Å². The highest BCUT2D eigenvalue weighted by atomic mass is 32.1. The van der Waals surface area contributed by atoms with Crippen LogP contribution in [0.1, 0.15) is 53.7 Å². The molecule has 0 amide bonds. The average molecular weight is 406 g/mol. The van der Waals surface area contributed by atoms with Crippen LogP contribution in [0, 0.1) is 5.41 Å². The van der Waals surface area contributed by atoms with Crippen molar-refractivity contribution in [3.63, 3.8) is 0 Å². The van der Waals surface area contributed by atoms with E-state index >= 15 is 0 Å². The van der Waals surface area contributed by atoms with Gasteiger partial charge in [0.25, 0.3) is 0 Å². The van der Waals surface area contributed by atoms with Crippen LogP contribution < -0.4 is 0 Å². The van der Waals surface area contributed by atoms with E-state index in [0.717, 1.165) is 40.6 Å². The van der Waals surface area contributed by atoms with Crippen molar-refractivity contribution in [2.45, 2.75) is 33.6 Å². The summed E-state index contributed by atoms with van der Waals surface area (Å²) < 4.78 is 5.46. The van der Waals surface area contributed by atoms with Crippen molar-refractivity contribution < 1.29 is 14.3 Å². The smallest absolute Gasteiger partial charge is 0.339 e. The van der Waals surface area contributed by atoms with Gasteiger partial charge in [-0.15, -0.1) is 11.3 Å². The number of carbonyl (C=O) groups excluding carboxylic acids is 2. The minimum absolute atomic E-state index is 0.0980. The Morgan fingerprint density at radius 2 is 1.93 bits per heavy atom. The van der Waals surface area contributed by atoms with Crippen LogP contribution in [0.15, 0.2) is 41.8 Å². The van der Waals surface area contributed by atoms with Crippen molar-refractivity contribution in [1.82, 2.24) is 4.98 Å². The minimum atomic E-state index is -0.543. The second-order valence-corrected chi connectivity index (χ2v) is 9.24. The maximum Gasteiger partial charge on any atom is 0.339 e. The molecular formula is C24H23NO3S. The maximum absolute atomic E-state index is 13.1. The molecule has 3 aromatic rings. The summed E-state index contributed by atoms with van der Waals surface area (Å²) in [4.78, 5) is 31.3. The number of Topliss-reactive ketones (excluding diaryl/α,β-unsaturated/α-hetero) is 1. The topological polar surface area (TPSA) is 56.3 Å². The molecule has 0 N–H and O–H groups in total. The van der Waals surface area contributed by atoms with Gasteiger partial charge in [-0.05, 0) is 47.6 Å². The predicted octanol–water partition coefficient (Wildman–Crippen LogP) is 5.56. The van der Waals surface area contributed by atoms with E-state index in [1.807, 2.05) is 56.5 Å². The summed E-state index contributed by atoms with van der Waals surface area (Å²) in [6.07, 6.45) is 3.72. The first kappa shape index (κ1) is 19.5. The Hall–Kier alpha value is -2.79. The molecule has 0 fully saturated rings. The molecule has 0 saturated carbocycles. The zero-order valence-corrected chi connectivity index (χ0v) is 17.6. The van der Waals surface area contributed by atoms with Crippen LogP contribution in [0.5, 0.6) is 0 Å². The van der Waals surface area contributed by atoms with Gasteiger partial charge in [0.1, 0.15) is 0 Å². The van der Waals surface area contributed by atoms with Gasteiger partial charge in [-0.3, -0.25) is 4.79 Å². The van der Waals surface area contributed by atoms with Crippen molar-refractivity contribution in [3.05, 3.63) is 63.5 Å². The summed E-state index contributed by atoms with van der Waals surface area (Å²) in [5, 5.41) is 2.82. The third-order valence-electron chi connectivity index (χ3n) is 5.18. The summed E-state index contributed by atoms with van der Waals surface area (Å²) in [5.41, 5.74) is 3.68. The lowest BCUT2D eigenvalue weighted by molar-refractivity contribution is -0.129. The molecule has 2 heterocycles. The number of hydrogen-bond donors (Lipinski definition) is 0. The molecule has 0 aliphatic heterocycles. The maximum atomic E-state index is 13.1. The molecule has 0 bridgehead atoms. The molecule has 2 aromatic heterocycles. The highest BCUT2D eigenvalue weighted by Crippen LogP contribution is 2.38. The number of hydrogen-bond acceptors (Lipinski definition) is 5. The molecule has 0 unspecified atom stereocenters. The van der Waals surface area contributed by atoms with Crippen LogP contribution >= 0.6 is 11.3 Å². The average Bonchev–Trinajstić information content (AvgIpc) is 3.34. The molecule has 1 aliphatic carbocycles. The van der Waals surface area contributed by atoms with Gasteiger partial charge < -0.3 is 4.74 Å². The Balaban J connectivity index is 1.76. The fourth-order valence-electron chi connectivity index (χ4n) is 3.48. The summed E-state index contributed by atoms with van der Waals surface area (Å²) >= 11 is 1.68. The molecule has 0 spiro atoms. The van der Waals surface area contributed by atoms with E-state index in [4.69, 9.17) is 9.72 Å². The monoisotopic (exact) mass is 405 g/mol. The molecule has 0 atom stereocenters. The number of carbonyl (C=O) groups is 2. The van der Waals surface area contributed by atoms with E-state index in [1.165, 1.54) is 4.88 Å². The highest BCUT2D eigenvalue weighted by molar-refractivity contribution is 7.10. The first-order chi connectivity index (χ1) is 13.8. The van der Waals surface area contributed by atoms with Crippen molar-refractivity contribution in [1.29, 1.82) is 0 Å². The zero-order valence-electron chi connectivity index (χ0n) is 16.8. The number of fused-ring (bicyclic) bond motifs is 2. The quantitative estimate of drug-likeness (QED) is 0.534. The molecule has 1 aliphatic rings. The Labute approximate surface area is 174 Å². The van der Waals surface area contributed by atoms with Gasteiger partial charge in [0.2, 0.25) is 0 Å². The number of rotatable bonds is 4. The SMILES string of the molecule is CC(C)(C)C(=O)COC(=O)c1c2c(nc3ccccc13)/C(=C\c1cccs1)CC2. The summed E-state index contributed by atoms with van der Waals surface area (Å²) in [5.74, 6) is -0.547. The lowest BCUT2D eigenvalue weighted by Crippen LogP contribution is -2.26. The molecule has 5 heteroatoms. The van der Waals surface area contributed by atoms with E-state index in [0.29, 0.717) is 5.56 Å². The fourth-order valence-corrected chi connectivity index (χ4v) is 4.16. The minimum Gasteiger partial charge on any atom is -0.454 e. The number of para-hydroxylation sites is 1. The third kappa shape index (κ3) is 3.87. The highest BCUT2D eigenvalue weighted by Gasteiger charge is 2.29. The molecule has 0 saturated heterocycles. The van der Waals surface area contributed by atoms with Crippen LogP contribution in [-0.4, -0.2) is 23.3 Å². The summed E-state index contributed by atoms with van der Waals surface area (Å²) in [7, 11) is 0. The first-order valence-electron chi connectivity index (χ1n) is 9.71. The van der Waals surface area contributed by atoms with Crippen LogP contribution in [-0.2, 0) is 16.0 Å². The Morgan fingerprint density at radius 3 is 2.66 bits per heavy atom. The zero-order chi connectivity index (χ0) is 20.6. The number of ether oxygens (including phenoxy) is 1. The van der Waals surface area contributed by atoms with Crippen LogP contribution in [0.3, 0.4) is 0 Å². The van der Waals surface area contributed by atoms with E-state index in [-0.39, 0.29) is 12.4 Å². The van der Waals surface area contributed by atoms with Crippen molar-refractivity contribution in [2.24, 2.45) is 5.41 Å². The molecule has 4 rings (SSSR count). The second-order valence-electron chi connectivity index (χ2n) is 8.27. The van der Waals surface area contributed by atoms with Gasteiger partial charge in [-0.2, -0.15) is 0 Å². The van der Waals surface area contributed by atoms with Gasteiger partial charge in [-0.1, -0.05) is 45.0 Å². The number of pyridine rings is 1. The molecule has 1 aromatic carbocycles. The summed E-state index contributed by atoms with van der Waals surface area (Å²) in [6, 6.07) is 11.7. The van der Waals surface area contributed by atoms with Gasteiger partial charge in [0.15, 0.2) is 12.4 Å². The Morgan fingerprint density at radius 1 is 1.14 bits per heavy atom. The fraction of sp³-hybridized carbons (Fsp3) is 0.292. The van der Waals surface area contributed by atoms with Crippen molar-refractivity contribution in [2.75, 3.05) is 6.61 Å². The van der Waals surface area contributed by atoms with Gasteiger partial charge in [0.05, 0.1) is 16.8 Å². The van der Waals surface area contributed by atoms with Gasteiger partial charge >= 0.3 is 5.97 Å². The molecular weight excluding hydrogens is 382 g/mol. The second kappa shape index (κ2) is 7.56. The lowest BCUT2D eigenvalue weighted by Gasteiger charge is -2.17. The Bertz CT molecular complexity index is 1120. The number of thiophene rings is 1. The number of nitrogens with zero attached hydrogens (tertiary/aromatic N) is 1. The number of benzene rings is 1. The lowest BCUT2D eigenvalue weighted by atomic mass is 9.91. The predicted molar refractivity (Wildman–Crippen MR) is 117 cm³/mol. The third-order valence-corrected chi connectivity index (χ3v) is 6.00. The molecule has 0 radical (unpaired) electrons. The van der Waals surface area contributed by atoms with Gasteiger partial charge in [-0.25, -0.2) is 9.78 Å². The van der Waals surface area contributed by atoms with Crippen LogP contribution in [0.4, 0.5) is 0 Å². The van der Waals surface area contributed by atoms with Crippen molar-refractivity contribution >= 4 is 45.6 Å². The van der Waals surface area contributed by atoms with Crippen LogP contribution in [0.25, 0.3) is 22.6 Å². The first-order valence-corrected chi connectivity index (χ1v) is 10.6.